The van der Waals surface area contributed by atoms with Crippen molar-refractivity contribution in [2.45, 2.75) is 112 Å². The minimum Gasteiger partial charge on any atom is -0.466 e. The normalized spacial score (nSPS) is 13.3. The van der Waals surface area contributed by atoms with Crippen molar-refractivity contribution in [1.82, 2.24) is 15.5 Å². The van der Waals surface area contributed by atoms with E-state index in [1.807, 2.05) is 65.8 Å². The van der Waals surface area contributed by atoms with E-state index in [2.05, 4.69) is 10.6 Å². The molecule has 0 aliphatic heterocycles. The molecule has 220 valence electrons. The van der Waals surface area contributed by atoms with Gasteiger partial charge in [-0.15, -0.1) is 0 Å². The molecule has 1 aromatic rings. The highest BCUT2D eigenvalue weighted by molar-refractivity contribution is 5.92. The highest BCUT2D eigenvalue weighted by atomic mass is 16.6. The number of ether oxygens (including phenoxy) is 2. The van der Waals surface area contributed by atoms with E-state index in [1.54, 1.807) is 32.6 Å². The minimum atomic E-state index is -0.996. The Morgan fingerprint density at radius 3 is 2.18 bits per heavy atom. The Bertz CT molecular complexity index is 983. The van der Waals surface area contributed by atoms with Crippen LogP contribution in [0.5, 0.6) is 0 Å². The molecule has 9 nitrogen and oxygen atoms in total. The predicted molar refractivity (Wildman–Crippen MR) is 152 cm³/mol. The highest BCUT2D eigenvalue weighted by Gasteiger charge is 2.43. The third-order valence-electron chi connectivity index (χ3n) is 6.25. The maximum Gasteiger partial charge on any atom is 0.408 e. The molecule has 0 spiro atoms. The Kier molecular flexibility index (Phi) is 13.0. The molecule has 0 heterocycles. The van der Waals surface area contributed by atoms with Crippen molar-refractivity contribution in [2.75, 3.05) is 13.2 Å². The molecule has 2 N–H and O–H groups in total. The molecule has 1 aromatic carbocycles. The van der Waals surface area contributed by atoms with E-state index in [-0.39, 0.29) is 31.4 Å². The van der Waals surface area contributed by atoms with E-state index in [0.29, 0.717) is 18.4 Å². The van der Waals surface area contributed by atoms with Gasteiger partial charge >= 0.3 is 12.1 Å². The summed E-state index contributed by atoms with van der Waals surface area (Å²) < 4.78 is 10.4. The molecule has 2 unspecified atom stereocenters. The van der Waals surface area contributed by atoms with Gasteiger partial charge in [-0.1, -0.05) is 50.6 Å². The minimum absolute atomic E-state index is 0.0153. The van der Waals surface area contributed by atoms with Gasteiger partial charge < -0.3 is 25.0 Å². The Morgan fingerprint density at radius 2 is 1.67 bits per heavy atom. The third kappa shape index (κ3) is 11.3. The van der Waals surface area contributed by atoms with Crippen LogP contribution in [0.1, 0.15) is 98.7 Å². The van der Waals surface area contributed by atoms with Crippen LogP contribution < -0.4 is 10.6 Å². The number of aryl methyl sites for hydroxylation is 1. The lowest BCUT2D eigenvalue weighted by Gasteiger charge is -2.45. The van der Waals surface area contributed by atoms with Crippen LogP contribution >= 0.6 is 0 Å². The van der Waals surface area contributed by atoms with Crippen LogP contribution in [-0.4, -0.2) is 59.1 Å². The summed E-state index contributed by atoms with van der Waals surface area (Å²) in [7, 11) is 0. The Morgan fingerprint density at radius 1 is 1.03 bits per heavy atom. The van der Waals surface area contributed by atoms with Crippen LogP contribution in [0.4, 0.5) is 4.79 Å². The van der Waals surface area contributed by atoms with Gasteiger partial charge in [0.1, 0.15) is 17.7 Å². The van der Waals surface area contributed by atoms with Crippen molar-refractivity contribution in [3.8, 4) is 0 Å². The lowest BCUT2D eigenvalue weighted by atomic mass is 9.90. The second kappa shape index (κ2) is 14.9. The van der Waals surface area contributed by atoms with Crippen LogP contribution in [0.25, 0.3) is 0 Å². The van der Waals surface area contributed by atoms with Gasteiger partial charge in [0.05, 0.1) is 13.0 Å². The first-order chi connectivity index (χ1) is 18.0. The van der Waals surface area contributed by atoms with Crippen molar-refractivity contribution in [2.24, 2.45) is 5.92 Å². The Labute approximate surface area is 234 Å². The van der Waals surface area contributed by atoms with Gasteiger partial charge in [-0.05, 0) is 72.8 Å². The summed E-state index contributed by atoms with van der Waals surface area (Å²) in [5.41, 5.74) is 0.0820. The zero-order valence-electron chi connectivity index (χ0n) is 25.5. The molecule has 0 saturated heterocycles. The first-order valence-electron chi connectivity index (χ1n) is 13.8. The number of hydrogen-bond donors (Lipinski definition) is 2. The molecule has 0 aliphatic rings. The van der Waals surface area contributed by atoms with Crippen molar-refractivity contribution < 1.29 is 28.7 Å². The molecular weight excluding hydrogens is 498 g/mol. The molecule has 0 aromatic heterocycles. The summed E-state index contributed by atoms with van der Waals surface area (Å²) in [6.45, 7) is 18.9. The second-order valence-corrected chi connectivity index (χ2v) is 11.9. The molecule has 0 fully saturated rings. The number of alkyl carbamates (subject to hydrolysis) is 1. The number of nitrogens with one attached hydrogen (secondary N) is 2. The fourth-order valence-electron chi connectivity index (χ4n) is 4.13. The molecule has 0 saturated carbocycles. The van der Waals surface area contributed by atoms with Crippen LogP contribution in [0.3, 0.4) is 0 Å². The third-order valence-corrected chi connectivity index (χ3v) is 6.25. The van der Waals surface area contributed by atoms with Crippen molar-refractivity contribution in [3.63, 3.8) is 0 Å². The topological polar surface area (TPSA) is 114 Å². The van der Waals surface area contributed by atoms with E-state index >= 15 is 0 Å². The van der Waals surface area contributed by atoms with E-state index in [1.165, 1.54) is 0 Å². The van der Waals surface area contributed by atoms with Crippen LogP contribution in [0, 0.1) is 12.8 Å². The van der Waals surface area contributed by atoms with Gasteiger partial charge in [0.25, 0.3) is 0 Å². The molecular formula is C30H49N3O6. The van der Waals surface area contributed by atoms with Gasteiger partial charge in [-0.3, -0.25) is 14.4 Å². The summed E-state index contributed by atoms with van der Waals surface area (Å²) in [5, 5.41) is 5.59. The first kappa shape index (κ1) is 33.9. The number of amides is 3. The van der Waals surface area contributed by atoms with Crippen molar-refractivity contribution >= 4 is 23.9 Å². The molecule has 0 bridgehead atoms. The average molecular weight is 548 g/mol. The van der Waals surface area contributed by atoms with Gasteiger partial charge in [0.15, 0.2) is 0 Å². The smallest absolute Gasteiger partial charge is 0.408 e. The van der Waals surface area contributed by atoms with Crippen molar-refractivity contribution in [3.05, 3.63) is 35.4 Å². The number of rotatable bonds is 13. The van der Waals surface area contributed by atoms with E-state index < -0.39 is 41.2 Å². The van der Waals surface area contributed by atoms with Crippen molar-refractivity contribution in [1.29, 1.82) is 0 Å². The highest BCUT2D eigenvalue weighted by Crippen LogP contribution is 2.33. The predicted octanol–water partition coefficient (Wildman–Crippen LogP) is 5.06. The molecule has 0 aliphatic carbocycles. The van der Waals surface area contributed by atoms with E-state index in [0.717, 1.165) is 5.56 Å². The molecule has 3 amide bonds. The number of esters is 1. The van der Waals surface area contributed by atoms with Crippen LogP contribution in [0.15, 0.2) is 24.3 Å². The maximum absolute atomic E-state index is 14.4. The fraction of sp³-hybridized carbons (Fsp3) is 0.667. The molecule has 39 heavy (non-hydrogen) atoms. The zero-order valence-corrected chi connectivity index (χ0v) is 25.5. The Balaban J connectivity index is 3.55. The van der Waals surface area contributed by atoms with Gasteiger partial charge in [0, 0.05) is 12.1 Å². The fourth-order valence-corrected chi connectivity index (χ4v) is 4.13. The van der Waals surface area contributed by atoms with Gasteiger partial charge in [0.2, 0.25) is 11.8 Å². The van der Waals surface area contributed by atoms with Crippen LogP contribution in [-0.2, 0) is 23.9 Å². The zero-order chi connectivity index (χ0) is 30.0. The van der Waals surface area contributed by atoms with E-state index in [9.17, 15) is 19.2 Å². The second-order valence-electron chi connectivity index (χ2n) is 11.9. The lowest BCUT2D eigenvalue weighted by molar-refractivity contribution is -0.150. The molecule has 9 heteroatoms. The van der Waals surface area contributed by atoms with Crippen LogP contribution in [0.2, 0.25) is 0 Å². The standard InChI is InChI=1S/C30H49N3O6/c1-11-30(9,10)33(27(36)23(18-20(3)4)32-28(37)39-29(6,7)8)25(22-15-13-14-21(5)19-22)26(35)31-17-16-24(34)38-12-2/h13-15,19-20,23,25H,11-12,16-18H2,1-10H3,(H,31,35)(H,32,37). The number of carbonyl (C=O) groups is 4. The molecule has 1 rings (SSSR count). The van der Waals surface area contributed by atoms with Gasteiger partial charge in [-0.2, -0.15) is 0 Å². The Hall–Kier alpha value is -3.10. The maximum atomic E-state index is 14.4. The van der Waals surface area contributed by atoms with E-state index in [4.69, 9.17) is 9.47 Å². The number of hydrogen-bond acceptors (Lipinski definition) is 6. The largest absolute Gasteiger partial charge is 0.466 e. The van der Waals surface area contributed by atoms with Gasteiger partial charge in [-0.25, -0.2) is 4.79 Å². The summed E-state index contributed by atoms with van der Waals surface area (Å²) in [6, 6.07) is 5.54. The summed E-state index contributed by atoms with van der Waals surface area (Å²) in [5.74, 6) is -1.13. The number of benzene rings is 1. The quantitative estimate of drug-likeness (QED) is 0.334. The SMILES string of the molecule is CCOC(=O)CCNC(=O)C(c1cccc(C)c1)N(C(=O)C(CC(C)C)NC(=O)OC(C)(C)C)C(C)(C)CC. The summed E-state index contributed by atoms with van der Waals surface area (Å²) >= 11 is 0. The first-order valence-corrected chi connectivity index (χ1v) is 13.8. The number of carbonyl (C=O) groups excluding carboxylic acids is 4. The number of nitrogens with zero attached hydrogens (tertiary/aromatic N) is 1. The summed E-state index contributed by atoms with van der Waals surface area (Å²) in [6.07, 6.45) is 0.237. The molecule has 0 radical (unpaired) electrons. The average Bonchev–Trinajstić information content (AvgIpc) is 2.80. The molecule has 2 atom stereocenters. The summed E-state index contributed by atoms with van der Waals surface area (Å²) in [4.78, 5) is 54.3. The monoisotopic (exact) mass is 547 g/mol. The lowest BCUT2D eigenvalue weighted by Crippen LogP contribution is -2.59.